The number of carbonyl (C=O) groups excluding carboxylic acids is 1. The first kappa shape index (κ1) is 13.8. The van der Waals surface area contributed by atoms with E-state index >= 15 is 0 Å². The van der Waals surface area contributed by atoms with Crippen LogP contribution in [0.2, 0.25) is 0 Å². The summed E-state index contributed by atoms with van der Waals surface area (Å²) < 4.78 is 5.37. The third-order valence-corrected chi connectivity index (χ3v) is 4.86. The number of carbonyl (C=O) groups is 1. The highest BCUT2D eigenvalue weighted by atomic mass is 16.5. The van der Waals surface area contributed by atoms with Crippen molar-refractivity contribution in [1.29, 1.82) is 0 Å². The summed E-state index contributed by atoms with van der Waals surface area (Å²) >= 11 is 0. The topological polar surface area (TPSA) is 41.6 Å². The van der Waals surface area contributed by atoms with Gasteiger partial charge in [0, 0.05) is 19.6 Å². The molecule has 1 unspecified atom stereocenters. The Hall–Kier alpha value is -0.610. The molecule has 0 saturated carbocycles. The first-order valence-electron chi connectivity index (χ1n) is 7.31. The highest BCUT2D eigenvalue weighted by molar-refractivity contribution is 5.82. The van der Waals surface area contributed by atoms with Crippen molar-refractivity contribution < 1.29 is 9.53 Å². The molecule has 4 heteroatoms. The van der Waals surface area contributed by atoms with Gasteiger partial charge in [-0.3, -0.25) is 4.79 Å². The van der Waals surface area contributed by atoms with Crippen LogP contribution in [0.25, 0.3) is 0 Å². The molecular weight excluding hydrogens is 228 g/mol. The molecule has 2 fully saturated rings. The average molecular weight is 254 g/mol. The van der Waals surface area contributed by atoms with Crippen molar-refractivity contribution in [1.82, 2.24) is 10.2 Å². The van der Waals surface area contributed by atoms with Gasteiger partial charge in [-0.25, -0.2) is 0 Å². The summed E-state index contributed by atoms with van der Waals surface area (Å²) in [6.07, 6.45) is 4.77. The van der Waals surface area contributed by atoms with Crippen LogP contribution in [0.5, 0.6) is 0 Å². The molecule has 4 nitrogen and oxygen atoms in total. The van der Waals surface area contributed by atoms with Gasteiger partial charge in [-0.2, -0.15) is 0 Å². The number of hydrogen-bond donors (Lipinski definition) is 1. The lowest BCUT2D eigenvalue weighted by molar-refractivity contribution is -0.138. The second kappa shape index (κ2) is 6.02. The zero-order chi connectivity index (χ0) is 13.0. The molecular formula is C14H26N2O2. The van der Waals surface area contributed by atoms with Gasteiger partial charge in [-0.05, 0) is 18.3 Å². The number of amides is 1. The monoisotopic (exact) mass is 254 g/mol. The van der Waals surface area contributed by atoms with E-state index in [1.807, 2.05) is 4.90 Å². The Morgan fingerprint density at radius 1 is 1.33 bits per heavy atom. The van der Waals surface area contributed by atoms with Crippen molar-refractivity contribution in [2.45, 2.75) is 45.6 Å². The fourth-order valence-corrected chi connectivity index (χ4v) is 3.10. The zero-order valence-corrected chi connectivity index (χ0v) is 11.7. The summed E-state index contributed by atoms with van der Waals surface area (Å²) in [6.45, 7) is 8.42. The first-order chi connectivity index (χ1) is 8.71. The molecule has 0 radical (unpaired) electrons. The van der Waals surface area contributed by atoms with E-state index in [0.29, 0.717) is 12.0 Å². The smallest absolute Gasteiger partial charge is 0.242 e. The maximum absolute atomic E-state index is 12.3. The summed E-state index contributed by atoms with van der Waals surface area (Å²) in [5.41, 5.74) is 0.479. The molecule has 0 aliphatic carbocycles. The second-order valence-corrected chi connectivity index (χ2v) is 5.61. The Kier molecular flexibility index (Phi) is 4.62. The number of ether oxygens (including phenoxy) is 1. The Balaban J connectivity index is 1.87. The van der Waals surface area contributed by atoms with Gasteiger partial charge in [0.15, 0.2) is 0 Å². The number of likely N-dealkylation sites (tertiary alicyclic amines) is 1. The Morgan fingerprint density at radius 2 is 2.00 bits per heavy atom. The Morgan fingerprint density at radius 3 is 2.50 bits per heavy atom. The van der Waals surface area contributed by atoms with Crippen LogP contribution >= 0.6 is 0 Å². The lowest BCUT2D eigenvalue weighted by Crippen LogP contribution is -2.54. The highest BCUT2D eigenvalue weighted by Gasteiger charge is 2.35. The quantitative estimate of drug-likeness (QED) is 0.828. The summed E-state index contributed by atoms with van der Waals surface area (Å²) in [6, 6.07) is -0.116. The lowest BCUT2D eigenvalue weighted by Gasteiger charge is -2.42. The van der Waals surface area contributed by atoms with E-state index in [2.05, 4.69) is 19.2 Å². The Labute approximate surface area is 110 Å². The molecule has 2 aliphatic rings. The zero-order valence-electron chi connectivity index (χ0n) is 11.7. The standard InChI is InChI=1S/C14H26N2O2/c1-3-14(4-2)5-8-16(9-6-14)13(17)12-11-18-10-7-15-12/h12,15H,3-11H2,1-2H3. The molecule has 0 aromatic carbocycles. The van der Waals surface area contributed by atoms with Gasteiger partial charge in [-0.1, -0.05) is 26.7 Å². The maximum atomic E-state index is 12.3. The molecule has 104 valence electrons. The van der Waals surface area contributed by atoms with E-state index in [1.54, 1.807) is 0 Å². The van der Waals surface area contributed by atoms with E-state index in [-0.39, 0.29) is 11.9 Å². The van der Waals surface area contributed by atoms with Gasteiger partial charge in [0.05, 0.1) is 13.2 Å². The van der Waals surface area contributed by atoms with Gasteiger partial charge in [0.25, 0.3) is 0 Å². The van der Waals surface area contributed by atoms with Crippen molar-refractivity contribution in [3.63, 3.8) is 0 Å². The average Bonchev–Trinajstić information content (AvgIpc) is 2.47. The van der Waals surface area contributed by atoms with Crippen LogP contribution in [0.3, 0.4) is 0 Å². The summed E-state index contributed by atoms with van der Waals surface area (Å²) in [4.78, 5) is 14.3. The van der Waals surface area contributed by atoms with E-state index < -0.39 is 0 Å². The van der Waals surface area contributed by atoms with E-state index in [9.17, 15) is 4.79 Å². The molecule has 0 bridgehead atoms. The number of nitrogens with one attached hydrogen (secondary N) is 1. The van der Waals surface area contributed by atoms with Crippen LogP contribution in [0, 0.1) is 5.41 Å². The number of morpholine rings is 1. The fourth-order valence-electron chi connectivity index (χ4n) is 3.10. The molecule has 1 atom stereocenters. The maximum Gasteiger partial charge on any atom is 0.242 e. The van der Waals surface area contributed by atoms with Crippen LogP contribution in [-0.2, 0) is 9.53 Å². The van der Waals surface area contributed by atoms with E-state index in [0.717, 1.165) is 39.1 Å². The largest absolute Gasteiger partial charge is 0.378 e. The molecule has 2 saturated heterocycles. The number of rotatable bonds is 3. The van der Waals surface area contributed by atoms with Crippen LogP contribution < -0.4 is 5.32 Å². The minimum Gasteiger partial charge on any atom is -0.378 e. The molecule has 18 heavy (non-hydrogen) atoms. The predicted octanol–water partition coefficient (Wildman–Crippen LogP) is 1.40. The molecule has 2 heterocycles. The third-order valence-electron chi connectivity index (χ3n) is 4.86. The molecule has 1 amide bonds. The molecule has 0 spiro atoms. The van der Waals surface area contributed by atoms with Gasteiger partial charge >= 0.3 is 0 Å². The van der Waals surface area contributed by atoms with Crippen molar-refractivity contribution in [3.8, 4) is 0 Å². The van der Waals surface area contributed by atoms with Crippen molar-refractivity contribution in [3.05, 3.63) is 0 Å². The van der Waals surface area contributed by atoms with Crippen molar-refractivity contribution in [2.24, 2.45) is 5.41 Å². The van der Waals surface area contributed by atoms with Crippen LogP contribution in [0.4, 0.5) is 0 Å². The third kappa shape index (κ3) is 2.86. The van der Waals surface area contributed by atoms with E-state index in [1.165, 1.54) is 12.8 Å². The van der Waals surface area contributed by atoms with Gasteiger partial charge < -0.3 is 15.0 Å². The first-order valence-corrected chi connectivity index (χ1v) is 7.31. The van der Waals surface area contributed by atoms with Gasteiger partial charge in [-0.15, -0.1) is 0 Å². The second-order valence-electron chi connectivity index (χ2n) is 5.61. The summed E-state index contributed by atoms with van der Waals surface area (Å²) in [5.74, 6) is 0.232. The normalized spacial score (nSPS) is 28.1. The molecule has 1 N–H and O–H groups in total. The van der Waals surface area contributed by atoms with E-state index in [4.69, 9.17) is 4.74 Å². The molecule has 0 aromatic heterocycles. The van der Waals surface area contributed by atoms with Crippen LogP contribution in [-0.4, -0.2) is 49.7 Å². The highest BCUT2D eigenvalue weighted by Crippen LogP contribution is 2.37. The molecule has 2 rings (SSSR count). The van der Waals surface area contributed by atoms with Crippen LogP contribution in [0.15, 0.2) is 0 Å². The number of hydrogen-bond acceptors (Lipinski definition) is 3. The summed E-state index contributed by atoms with van der Waals surface area (Å²) in [7, 11) is 0. The minimum atomic E-state index is -0.116. The van der Waals surface area contributed by atoms with Gasteiger partial charge in [0.2, 0.25) is 5.91 Å². The number of nitrogens with zero attached hydrogens (tertiary/aromatic N) is 1. The lowest BCUT2D eigenvalue weighted by atomic mass is 9.74. The number of piperidine rings is 1. The van der Waals surface area contributed by atoms with Crippen molar-refractivity contribution >= 4 is 5.91 Å². The van der Waals surface area contributed by atoms with Gasteiger partial charge in [0.1, 0.15) is 6.04 Å². The predicted molar refractivity (Wildman–Crippen MR) is 71.4 cm³/mol. The fraction of sp³-hybridized carbons (Fsp3) is 0.929. The van der Waals surface area contributed by atoms with Crippen molar-refractivity contribution in [2.75, 3.05) is 32.8 Å². The SMILES string of the molecule is CCC1(CC)CCN(C(=O)C2COCCN2)CC1. The minimum absolute atomic E-state index is 0.116. The Bertz CT molecular complexity index is 274. The molecule has 2 aliphatic heterocycles. The summed E-state index contributed by atoms with van der Waals surface area (Å²) in [5, 5.41) is 3.25. The van der Waals surface area contributed by atoms with Crippen LogP contribution in [0.1, 0.15) is 39.5 Å². The molecule has 0 aromatic rings.